The normalized spacial score (nSPS) is 13.0. The molecule has 0 spiro atoms. The van der Waals surface area contributed by atoms with Gasteiger partial charge in [0.1, 0.15) is 6.26 Å². The SMILES string of the molecule is CN=C(NCc1coc(-c2ccc(C)cc2)n1)NCC(c1cnn(C)c1)N(C)C. The minimum atomic E-state index is 0.183. The van der Waals surface area contributed by atoms with Gasteiger partial charge in [-0.05, 0) is 33.2 Å². The van der Waals surface area contributed by atoms with Crippen LogP contribution in [0.15, 0.2) is 52.3 Å². The minimum absolute atomic E-state index is 0.183. The molecule has 2 aromatic heterocycles. The Hall–Kier alpha value is -3.13. The quantitative estimate of drug-likeness (QED) is 0.472. The summed E-state index contributed by atoms with van der Waals surface area (Å²) >= 11 is 0. The number of nitrogens with one attached hydrogen (secondary N) is 2. The first kappa shape index (κ1) is 20.6. The fourth-order valence-corrected chi connectivity index (χ4v) is 3.02. The van der Waals surface area contributed by atoms with Gasteiger partial charge in [-0.1, -0.05) is 17.7 Å². The second-order valence-electron chi connectivity index (χ2n) is 7.24. The van der Waals surface area contributed by atoms with Gasteiger partial charge < -0.3 is 20.0 Å². The Kier molecular flexibility index (Phi) is 6.66. The van der Waals surface area contributed by atoms with Gasteiger partial charge in [0.15, 0.2) is 5.96 Å². The van der Waals surface area contributed by atoms with Crippen molar-refractivity contribution in [1.29, 1.82) is 0 Å². The molecule has 1 aromatic carbocycles. The van der Waals surface area contributed by atoms with Crippen LogP contribution in [0.4, 0.5) is 0 Å². The predicted octanol–water partition coefficient (Wildman–Crippen LogP) is 2.35. The first-order chi connectivity index (χ1) is 14.0. The highest BCUT2D eigenvalue weighted by atomic mass is 16.3. The van der Waals surface area contributed by atoms with Crippen LogP contribution in [0.1, 0.15) is 22.9 Å². The van der Waals surface area contributed by atoms with Gasteiger partial charge in [0.2, 0.25) is 5.89 Å². The van der Waals surface area contributed by atoms with E-state index < -0.39 is 0 Å². The molecule has 1 unspecified atom stereocenters. The summed E-state index contributed by atoms with van der Waals surface area (Å²) in [7, 11) is 7.78. The fraction of sp³-hybridized carbons (Fsp3) is 0.381. The number of likely N-dealkylation sites (N-methyl/N-ethyl adjacent to an activating group) is 1. The third kappa shape index (κ3) is 5.45. The van der Waals surface area contributed by atoms with E-state index in [1.165, 1.54) is 5.56 Å². The lowest BCUT2D eigenvalue weighted by molar-refractivity contribution is 0.298. The van der Waals surface area contributed by atoms with Crippen molar-refractivity contribution in [1.82, 2.24) is 30.3 Å². The number of nitrogens with zero attached hydrogens (tertiary/aromatic N) is 5. The molecule has 0 aliphatic heterocycles. The van der Waals surface area contributed by atoms with Crippen LogP contribution in [0.2, 0.25) is 0 Å². The van der Waals surface area contributed by atoms with Gasteiger partial charge in [0, 0.05) is 38.0 Å². The summed E-state index contributed by atoms with van der Waals surface area (Å²) < 4.78 is 7.43. The smallest absolute Gasteiger partial charge is 0.226 e. The van der Waals surface area contributed by atoms with Gasteiger partial charge in [0.05, 0.1) is 24.5 Å². The zero-order valence-corrected chi connectivity index (χ0v) is 17.7. The highest BCUT2D eigenvalue weighted by molar-refractivity contribution is 5.79. The third-order valence-corrected chi connectivity index (χ3v) is 4.71. The minimum Gasteiger partial charge on any atom is -0.444 e. The van der Waals surface area contributed by atoms with Crippen molar-refractivity contribution >= 4 is 5.96 Å². The van der Waals surface area contributed by atoms with Crippen molar-refractivity contribution in [2.24, 2.45) is 12.0 Å². The molecular weight excluding hydrogens is 366 g/mol. The number of aryl methyl sites for hydroxylation is 2. The summed E-state index contributed by atoms with van der Waals surface area (Å²) in [6.45, 7) is 3.28. The molecule has 2 heterocycles. The van der Waals surface area contributed by atoms with E-state index in [-0.39, 0.29) is 6.04 Å². The summed E-state index contributed by atoms with van der Waals surface area (Å²) in [6, 6.07) is 8.30. The maximum Gasteiger partial charge on any atom is 0.226 e. The Bertz CT molecular complexity index is 940. The van der Waals surface area contributed by atoms with Crippen molar-refractivity contribution in [2.75, 3.05) is 27.7 Å². The average Bonchev–Trinajstić information content (AvgIpc) is 3.34. The number of oxazole rings is 1. The van der Waals surface area contributed by atoms with E-state index in [1.807, 2.05) is 48.4 Å². The Labute approximate surface area is 171 Å². The highest BCUT2D eigenvalue weighted by Crippen LogP contribution is 2.19. The lowest BCUT2D eigenvalue weighted by Crippen LogP contribution is -2.41. The van der Waals surface area contributed by atoms with Gasteiger partial charge >= 0.3 is 0 Å². The van der Waals surface area contributed by atoms with E-state index in [4.69, 9.17) is 4.42 Å². The molecule has 3 aromatic rings. The molecule has 0 radical (unpaired) electrons. The van der Waals surface area contributed by atoms with Crippen LogP contribution in [-0.4, -0.2) is 53.3 Å². The van der Waals surface area contributed by atoms with Crippen molar-refractivity contribution in [3.05, 3.63) is 59.7 Å². The van der Waals surface area contributed by atoms with Crippen LogP contribution in [0, 0.1) is 6.92 Å². The molecular formula is C21H29N7O. The predicted molar refractivity (Wildman–Crippen MR) is 115 cm³/mol. The third-order valence-electron chi connectivity index (χ3n) is 4.71. The molecule has 8 heteroatoms. The zero-order valence-electron chi connectivity index (χ0n) is 17.7. The second-order valence-corrected chi connectivity index (χ2v) is 7.24. The first-order valence-electron chi connectivity index (χ1n) is 9.57. The van der Waals surface area contributed by atoms with Crippen LogP contribution in [0.5, 0.6) is 0 Å². The summed E-state index contributed by atoms with van der Waals surface area (Å²) in [5, 5.41) is 10.9. The van der Waals surface area contributed by atoms with Crippen molar-refractivity contribution in [2.45, 2.75) is 19.5 Å². The molecule has 0 fully saturated rings. The average molecular weight is 396 g/mol. The maximum atomic E-state index is 5.62. The molecule has 0 saturated heterocycles. The molecule has 29 heavy (non-hydrogen) atoms. The second kappa shape index (κ2) is 9.38. The van der Waals surface area contributed by atoms with E-state index in [9.17, 15) is 0 Å². The van der Waals surface area contributed by atoms with E-state index in [0.29, 0.717) is 24.9 Å². The molecule has 8 nitrogen and oxygen atoms in total. The van der Waals surface area contributed by atoms with Crippen molar-refractivity contribution < 1.29 is 4.42 Å². The van der Waals surface area contributed by atoms with E-state index >= 15 is 0 Å². The highest BCUT2D eigenvalue weighted by Gasteiger charge is 2.16. The number of benzene rings is 1. The number of aromatic nitrogens is 3. The van der Waals surface area contributed by atoms with Crippen LogP contribution >= 0.6 is 0 Å². The Morgan fingerprint density at radius 3 is 2.62 bits per heavy atom. The zero-order chi connectivity index (χ0) is 20.8. The van der Waals surface area contributed by atoms with E-state index in [0.717, 1.165) is 16.8 Å². The van der Waals surface area contributed by atoms with Crippen LogP contribution < -0.4 is 10.6 Å². The Morgan fingerprint density at radius 1 is 1.24 bits per heavy atom. The molecule has 3 rings (SSSR count). The van der Waals surface area contributed by atoms with Crippen molar-refractivity contribution in [3.63, 3.8) is 0 Å². The Morgan fingerprint density at radius 2 is 2.00 bits per heavy atom. The monoisotopic (exact) mass is 395 g/mol. The molecule has 0 saturated carbocycles. The molecule has 2 N–H and O–H groups in total. The van der Waals surface area contributed by atoms with Crippen LogP contribution in [-0.2, 0) is 13.6 Å². The molecule has 0 amide bonds. The number of hydrogen-bond donors (Lipinski definition) is 2. The Balaban J connectivity index is 1.56. The lowest BCUT2D eigenvalue weighted by atomic mass is 10.1. The van der Waals surface area contributed by atoms with Crippen LogP contribution in [0.25, 0.3) is 11.5 Å². The van der Waals surface area contributed by atoms with E-state index in [1.54, 1.807) is 13.3 Å². The molecule has 154 valence electrons. The first-order valence-corrected chi connectivity index (χ1v) is 9.57. The molecule has 0 aliphatic carbocycles. The molecule has 0 bridgehead atoms. The number of hydrogen-bond acceptors (Lipinski definition) is 5. The topological polar surface area (TPSA) is 83.5 Å². The van der Waals surface area contributed by atoms with Gasteiger partial charge in [-0.15, -0.1) is 0 Å². The van der Waals surface area contributed by atoms with Gasteiger partial charge in [-0.2, -0.15) is 5.10 Å². The molecule has 0 aliphatic rings. The molecule has 1 atom stereocenters. The largest absolute Gasteiger partial charge is 0.444 e. The van der Waals surface area contributed by atoms with Crippen LogP contribution in [0.3, 0.4) is 0 Å². The van der Waals surface area contributed by atoms with E-state index in [2.05, 4.69) is 51.6 Å². The van der Waals surface area contributed by atoms with Crippen molar-refractivity contribution in [3.8, 4) is 11.5 Å². The number of guanidine groups is 1. The standard InChI is InChI=1S/C21H29N7O/c1-15-6-8-16(9-7-15)20-26-18(14-29-20)11-23-21(22-2)24-12-19(27(3)4)17-10-25-28(5)13-17/h6-10,13-14,19H,11-12H2,1-5H3,(H2,22,23,24). The summed E-state index contributed by atoms with van der Waals surface area (Å²) in [6.07, 6.45) is 5.60. The maximum absolute atomic E-state index is 5.62. The fourth-order valence-electron chi connectivity index (χ4n) is 3.02. The summed E-state index contributed by atoms with van der Waals surface area (Å²) in [5.74, 6) is 1.33. The summed E-state index contributed by atoms with van der Waals surface area (Å²) in [4.78, 5) is 11.0. The summed E-state index contributed by atoms with van der Waals surface area (Å²) in [5.41, 5.74) is 4.15. The van der Waals surface area contributed by atoms with Gasteiger partial charge in [-0.25, -0.2) is 4.98 Å². The number of rotatable bonds is 7. The number of aliphatic imine (C=N–C) groups is 1. The van der Waals surface area contributed by atoms with Gasteiger partial charge in [-0.3, -0.25) is 9.67 Å². The van der Waals surface area contributed by atoms with Gasteiger partial charge in [0.25, 0.3) is 0 Å². The lowest BCUT2D eigenvalue weighted by Gasteiger charge is -2.24.